The molecular formula is C19H28Cl2N2O2. The Hall–Kier alpha value is -0.810. The van der Waals surface area contributed by atoms with Gasteiger partial charge in [-0.3, -0.25) is 4.79 Å². The number of carbonyl (C=O) groups is 1. The van der Waals surface area contributed by atoms with Crippen LogP contribution in [0.25, 0.3) is 0 Å². The quantitative estimate of drug-likeness (QED) is 0.830. The molecule has 2 fully saturated rings. The van der Waals surface area contributed by atoms with Crippen molar-refractivity contribution in [3.63, 3.8) is 0 Å². The highest BCUT2D eigenvalue weighted by Gasteiger charge is 2.31. The van der Waals surface area contributed by atoms with Gasteiger partial charge in [0.15, 0.2) is 0 Å². The van der Waals surface area contributed by atoms with Crippen molar-refractivity contribution < 1.29 is 9.90 Å². The summed E-state index contributed by atoms with van der Waals surface area (Å²) in [5, 5.41) is 11.2. The molecule has 1 aliphatic heterocycles. The first-order chi connectivity index (χ1) is 11.5. The number of benzene rings is 1. The zero-order chi connectivity index (χ0) is 17.1. The van der Waals surface area contributed by atoms with Crippen molar-refractivity contribution in [2.45, 2.75) is 50.7 Å². The first-order valence-electron chi connectivity index (χ1n) is 9.01. The van der Waals surface area contributed by atoms with Crippen LogP contribution in [0, 0.1) is 11.8 Å². The molecule has 0 bridgehead atoms. The van der Waals surface area contributed by atoms with Gasteiger partial charge in [0.2, 0.25) is 5.91 Å². The van der Waals surface area contributed by atoms with Crippen molar-refractivity contribution in [2.24, 2.45) is 17.6 Å². The minimum absolute atomic E-state index is 0. The molecule has 1 heterocycles. The molecule has 4 nitrogen and oxygen atoms in total. The van der Waals surface area contributed by atoms with E-state index in [1.165, 1.54) is 0 Å². The number of nitrogens with two attached hydrogens (primary N) is 1. The van der Waals surface area contributed by atoms with E-state index < -0.39 is 6.10 Å². The molecule has 1 saturated carbocycles. The van der Waals surface area contributed by atoms with E-state index >= 15 is 0 Å². The third-order valence-corrected chi connectivity index (χ3v) is 5.96. The molecule has 1 aromatic carbocycles. The fraction of sp³-hybridized carbons (Fsp3) is 0.632. The van der Waals surface area contributed by atoms with Crippen molar-refractivity contribution in [1.82, 2.24) is 4.90 Å². The average molecular weight is 387 g/mol. The van der Waals surface area contributed by atoms with Gasteiger partial charge in [-0.1, -0.05) is 30.2 Å². The van der Waals surface area contributed by atoms with Crippen molar-refractivity contribution in [1.29, 1.82) is 0 Å². The molecule has 1 saturated heterocycles. The van der Waals surface area contributed by atoms with Crippen LogP contribution in [0.1, 0.15) is 50.2 Å². The van der Waals surface area contributed by atoms with Crippen LogP contribution < -0.4 is 5.73 Å². The summed E-state index contributed by atoms with van der Waals surface area (Å²) >= 11 is 5.90. The highest BCUT2D eigenvalue weighted by Crippen LogP contribution is 2.32. The second kappa shape index (κ2) is 9.22. The Balaban J connectivity index is 0.00000225. The fourth-order valence-corrected chi connectivity index (χ4v) is 4.20. The minimum Gasteiger partial charge on any atom is -0.388 e. The van der Waals surface area contributed by atoms with E-state index in [0.29, 0.717) is 17.4 Å². The van der Waals surface area contributed by atoms with Gasteiger partial charge >= 0.3 is 0 Å². The van der Waals surface area contributed by atoms with Crippen LogP contribution >= 0.6 is 24.0 Å². The Morgan fingerprint density at radius 2 is 1.84 bits per heavy atom. The van der Waals surface area contributed by atoms with Crippen molar-refractivity contribution >= 4 is 29.9 Å². The third-order valence-electron chi connectivity index (χ3n) is 5.71. The standard InChI is InChI=1S/C19H27ClN2O2.ClH/c20-16-6-4-13(5-7-16)19(24)14-8-10-22(11-9-14)18(23)12-15-2-1-3-17(15)21;/h4-7,14-15,17,19,24H,1-3,8-12,21H2;1H/t15-,17+,19?;/m0./s1. The van der Waals surface area contributed by atoms with Gasteiger partial charge in [0.1, 0.15) is 0 Å². The van der Waals surface area contributed by atoms with E-state index in [2.05, 4.69) is 0 Å². The van der Waals surface area contributed by atoms with Crippen molar-refractivity contribution in [3.05, 3.63) is 34.9 Å². The van der Waals surface area contributed by atoms with E-state index in [-0.39, 0.29) is 30.3 Å². The van der Waals surface area contributed by atoms with Gasteiger partial charge in [-0.2, -0.15) is 0 Å². The number of likely N-dealkylation sites (tertiary alicyclic amines) is 1. The van der Waals surface area contributed by atoms with E-state index in [1.54, 1.807) is 0 Å². The van der Waals surface area contributed by atoms with Crippen LogP contribution in [-0.4, -0.2) is 35.0 Å². The van der Waals surface area contributed by atoms with Gasteiger partial charge in [-0.05, 0) is 55.2 Å². The molecule has 1 amide bonds. The second-order valence-electron chi connectivity index (χ2n) is 7.27. The molecule has 0 spiro atoms. The molecule has 2 aliphatic rings. The van der Waals surface area contributed by atoms with Crippen LogP contribution in [0.4, 0.5) is 0 Å². The maximum atomic E-state index is 12.5. The Morgan fingerprint density at radius 3 is 2.40 bits per heavy atom. The number of aliphatic hydroxyl groups is 1. The van der Waals surface area contributed by atoms with Crippen molar-refractivity contribution in [2.75, 3.05) is 13.1 Å². The monoisotopic (exact) mass is 386 g/mol. The van der Waals surface area contributed by atoms with Gasteiger partial charge < -0.3 is 15.7 Å². The molecule has 1 aromatic rings. The first-order valence-corrected chi connectivity index (χ1v) is 9.39. The van der Waals surface area contributed by atoms with Gasteiger partial charge in [0.05, 0.1) is 6.10 Å². The lowest BCUT2D eigenvalue weighted by atomic mass is 9.87. The molecule has 1 unspecified atom stereocenters. The lowest BCUT2D eigenvalue weighted by molar-refractivity contribution is -0.134. The summed E-state index contributed by atoms with van der Waals surface area (Å²) in [6.07, 6.45) is 5.06. The van der Waals surface area contributed by atoms with Crippen LogP contribution in [0.15, 0.2) is 24.3 Å². The summed E-state index contributed by atoms with van der Waals surface area (Å²) in [7, 11) is 0. The van der Waals surface area contributed by atoms with Gasteiger partial charge in [-0.15, -0.1) is 12.4 Å². The zero-order valence-corrected chi connectivity index (χ0v) is 16.0. The summed E-state index contributed by atoms with van der Waals surface area (Å²) in [5.74, 6) is 0.788. The maximum Gasteiger partial charge on any atom is 0.222 e. The lowest BCUT2D eigenvalue weighted by Gasteiger charge is -2.35. The Morgan fingerprint density at radius 1 is 1.20 bits per heavy atom. The molecule has 140 valence electrons. The van der Waals surface area contributed by atoms with E-state index in [9.17, 15) is 9.90 Å². The smallest absolute Gasteiger partial charge is 0.222 e. The minimum atomic E-state index is -0.484. The topological polar surface area (TPSA) is 66.6 Å². The van der Waals surface area contributed by atoms with E-state index in [4.69, 9.17) is 17.3 Å². The van der Waals surface area contributed by atoms with Crippen LogP contribution in [0.3, 0.4) is 0 Å². The second-order valence-corrected chi connectivity index (χ2v) is 7.71. The number of carbonyl (C=O) groups excluding carboxylic acids is 1. The fourth-order valence-electron chi connectivity index (χ4n) is 4.07. The van der Waals surface area contributed by atoms with Gasteiger partial charge in [-0.25, -0.2) is 0 Å². The lowest BCUT2D eigenvalue weighted by Crippen LogP contribution is -2.41. The number of hydrogen-bond acceptors (Lipinski definition) is 3. The molecular weight excluding hydrogens is 359 g/mol. The highest BCUT2D eigenvalue weighted by atomic mass is 35.5. The Kier molecular flexibility index (Phi) is 7.56. The zero-order valence-electron chi connectivity index (χ0n) is 14.4. The summed E-state index contributed by atoms with van der Waals surface area (Å²) in [5.41, 5.74) is 6.98. The first kappa shape index (κ1) is 20.5. The molecule has 3 N–H and O–H groups in total. The summed E-state index contributed by atoms with van der Waals surface area (Å²) in [4.78, 5) is 14.4. The normalized spacial score (nSPS) is 25.5. The number of nitrogens with zero attached hydrogens (tertiary/aromatic N) is 1. The molecule has 0 radical (unpaired) electrons. The number of hydrogen-bond donors (Lipinski definition) is 2. The molecule has 25 heavy (non-hydrogen) atoms. The molecule has 3 rings (SSSR count). The molecule has 0 aromatic heterocycles. The number of amides is 1. The number of halogens is 2. The predicted octanol–water partition coefficient (Wildman–Crippen LogP) is 3.55. The summed E-state index contributed by atoms with van der Waals surface area (Å²) < 4.78 is 0. The number of rotatable bonds is 4. The maximum absolute atomic E-state index is 12.5. The molecule has 6 heteroatoms. The third kappa shape index (κ3) is 5.10. The number of piperidine rings is 1. The average Bonchev–Trinajstić information content (AvgIpc) is 3.00. The van der Waals surface area contributed by atoms with Crippen LogP contribution in [-0.2, 0) is 4.79 Å². The van der Waals surface area contributed by atoms with E-state index in [1.807, 2.05) is 29.2 Å². The Labute approximate surface area is 161 Å². The Bertz CT molecular complexity index is 559. The summed E-state index contributed by atoms with van der Waals surface area (Å²) in [6, 6.07) is 7.57. The van der Waals surface area contributed by atoms with Gasteiger partial charge in [0.25, 0.3) is 0 Å². The van der Waals surface area contributed by atoms with Crippen molar-refractivity contribution in [3.8, 4) is 0 Å². The highest BCUT2D eigenvalue weighted by molar-refractivity contribution is 6.30. The molecule has 3 atom stereocenters. The summed E-state index contributed by atoms with van der Waals surface area (Å²) in [6.45, 7) is 1.46. The number of aliphatic hydroxyl groups excluding tert-OH is 1. The SMILES string of the molecule is Cl.N[C@@H]1CCC[C@H]1CC(=O)N1CCC(C(O)c2ccc(Cl)cc2)CC1. The van der Waals surface area contributed by atoms with Crippen LogP contribution in [0.5, 0.6) is 0 Å². The predicted molar refractivity (Wildman–Crippen MR) is 103 cm³/mol. The van der Waals surface area contributed by atoms with Crippen LogP contribution in [0.2, 0.25) is 5.02 Å². The largest absolute Gasteiger partial charge is 0.388 e. The van der Waals surface area contributed by atoms with E-state index in [0.717, 1.165) is 50.8 Å². The van der Waals surface area contributed by atoms with Gasteiger partial charge in [0, 0.05) is 30.6 Å². The molecule has 1 aliphatic carbocycles.